The van der Waals surface area contributed by atoms with E-state index in [-0.39, 0.29) is 39.8 Å². The van der Waals surface area contributed by atoms with Gasteiger partial charge in [0.15, 0.2) is 23.6 Å². The highest BCUT2D eigenvalue weighted by atomic mass is 32.1. The minimum atomic E-state index is -1.64. The molecule has 0 bridgehead atoms. The maximum absolute atomic E-state index is 14.0. The van der Waals surface area contributed by atoms with E-state index in [9.17, 15) is 27.2 Å². The molecule has 0 saturated heterocycles. The summed E-state index contributed by atoms with van der Waals surface area (Å²) in [4.78, 5) is 30.0. The van der Waals surface area contributed by atoms with E-state index in [0.717, 1.165) is 29.5 Å². The summed E-state index contributed by atoms with van der Waals surface area (Å²) in [7, 11) is 0. The van der Waals surface area contributed by atoms with Crippen LogP contribution in [0.4, 0.5) is 23.2 Å². The first-order valence-corrected chi connectivity index (χ1v) is 9.96. The van der Waals surface area contributed by atoms with Gasteiger partial charge in [-0.25, -0.2) is 22.5 Å². The number of thiazole rings is 1. The van der Waals surface area contributed by atoms with Crippen molar-refractivity contribution in [2.75, 3.05) is 11.5 Å². The SMILES string of the molecule is CCOC(=O)CC1Oc2cc(F)ccc2N(Cc2nc3c(F)c(F)c(F)cc3s2)C1=O. The summed E-state index contributed by atoms with van der Waals surface area (Å²) in [6.45, 7) is 1.51. The van der Waals surface area contributed by atoms with Gasteiger partial charge in [0.2, 0.25) is 0 Å². The summed E-state index contributed by atoms with van der Waals surface area (Å²) in [6, 6.07) is 4.33. The van der Waals surface area contributed by atoms with E-state index >= 15 is 0 Å². The number of fused-ring (bicyclic) bond motifs is 2. The van der Waals surface area contributed by atoms with E-state index in [1.165, 1.54) is 11.0 Å². The first-order chi connectivity index (χ1) is 14.8. The molecule has 162 valence electrons. The Morgan fingerprint density at radius 3 is 2.74 bits per heavy atom. The topological polar surface area (TPSA) is 68.7 Å². The molecular weight excluding hydrogens is 440 g/mol. The van der Waals surface area contributed by atoms with Crippen LogP contribution in [-0.4, -0.2) is 29.6 Å². The minimum Gasteiger partial charge on any atom is -0.478 e. The Balaban J connectivity index is 1.70. The summed E-state index contributed by atoms with van der Waals surface area (Å²) in [6.07, 6.45) is -1.67. The first-order valence-electron chi connectivity index (χ1n) is 9.14. The molecule has 31 heavy (non-hydrogen) atoms. The number of esters is 1. The predicted molar refractivity (Wildman–Crippen MR) is 103 cm³/mol. The van der Waals surface area contributed by atoms with E-state index in [4.69, 9.17) is 9.47 Å². The van der Waals surface area contributed by atoms with Crippen LogP contribution in [0.5, 0.6) is 5.75 Å². The van der Waals surface area contributed by atoms with Gasteiger partial charge in [0.1, 0.15) is 22.1 Å². The molecule has 0 saturated carbocycles. The van der Waals surface area contributed by atoms with Crippen molar-refractivity contribution in [3.8, 4) is 5.75 Å². The second-order valence-corrected chi connectivity index (χ2v) is 7.71. The maximum atomic E-state index is 14.0. The Bertz CT molecular complexity index is 1200. The van der Waals surface area contributed by atoms with Gasteiger partial charge in [0, 0.05) is 6.07 Å². The zero-order valence-electron chi connectivity index (χ0n) is 16.0. The minimum absolute atomic E-state index is 0.0262. The Labute approximate surface area is 177 Å². The monoisotopic (exact) mass is 454 g/mol. The van der Waals surface area contributed by atoms with Crippen molar-refractivity contribution in [1.82, 2.24) is 4.98 Å². The third-order valence-corrected chi connectivity index (χ3v) is 5.53. The molecule has 1 unspecified atom stereocenters. The fraction of sp³-hybridized carbons (Fsp3) is 0.250. The van der Waals surface area contributed by atoms with Crippen molar-refractivity contribution in [2.24, 2.45) is 0 Å². The third-order valence-electron chi connectivity index (χ3n) is 4.54. The summed E-state index contributed by atoms with van der Waals surface area (Å²) >= 11 is 0.873. The largest absolute Gasteiger partial charge is 0.478 e. The van der Waals surface area contributed by atoms with Crippen LogP contribution in [0, 0.1) is 23.3 Å². The molecule has 0 N–H and O–H groups in total. The van der Waals surface area contributed by atoms with Gasteiger partial charge >= 0.3 is 5.97 Å². The number of amides is 1. The maximum Gasteiger partial charge on any atom is 0.310 e. The van der Waals surface area contributed by atoms with Gasteiger partial charge in [-0.3, -0.25) is 14.5 Å². The number of carbonyl (C=O) groups is 2. The van der Waals surface area contributed by atoms with Crippen LogP contribution in [0.3, 0.4) is 0 Å². The average molecular weight is 454 g/mol. The Kier molecular flexibility index (Phi) is 5.52. The zero-order chi connectivity index (χ0) is 22.3. The molecule has 1 amide bonds. The van der Waals surface area contributed by atoms with Crippen LogP contribution in [0.2, 0.25) is 0 Å². The standard InChI is InChI=1S/C20H14F4N2O4S/c1-2-29-16(27)7-13-20(28)26(11-4-3-9(21)5-12(11)30-13)8-15-25-19-14(31-15)6-10(22)17(23)18(19)24/h3-6,13H,2,7-8H2,1H3. The fourth-order valence-corrected chi connectivity index (χ4v) is 4.17. The van der Waals surface area contributed by atoms with Crippen LogP contribution in [0.25, 0.3) is 10.2 Å². The Morgan fingerprint density at radius 2 is 2.00 bits per heavy atom. The molecule has 4 rings (SSSR count). The van der Waals surface area contributed by atoms with Crippen LogP contribution in [0.1, 0.15) is 18.4 Å². The molecule has 3 aromatic rings. The quantitative estimate of drug-likeness (QED) is 0.330. The third kappa shape index (κ3) is 3.92. The summed E-state index contributed by atoms with van der Waals surface area (Å²) < 4.78 is 65.2. The van der Waals surface area contributed by atoms with E-state index < -0.39 is 47.7 Å². The van der Waals surface area contributed by atoms with Crippen molar-refractivity contribution in [1.29, 1.82) is 0 Å². The van der Waals surface area contributed by atoms with E-state index in [2.05, 4.69) is 4.98 Å². The molecule has 6 nitrogen and oxygen atoms in total. The lowest BCUT2D eigenvalue weighted by Gasteiger charge is -2.33. The van der Waals surface area contributed by atoms with Gasteiger partial charge in [-0.15, -0.1) is 11.3 Å². The highest BCUT2D eigenvalue weighted by Crippen LogP contribution is 2.37. The van der Waals surface area contributed by atoms with Gasteiger partial charge in [-0.2, -0.15) is 0 Å². The normalized spacial score (nSPS) is 15.7. The Morgan fingerprint density at radius 1 is 1.23 bits per heavy atom. The second-order valence-electron chi connectivity index (χ2n) is 6.59. The predicted octanol–water partition coefficient (Wildman–Crippen LogP) is 4.10. The van der Waals surface area contributed by atoms with Gasteiger partial charge in [0.05, 0.1) is 30.0 Å². The molecule has 0 aliphatic carbocycles. The molecule has 0 fully saturated rings. The van der Waals surface area contributed by atoms with Crippen molar-refractivity contribution in [3.05, 3.63) is 52.5 Å². The van der Waals surface area contributed by atoms with Gasteiger partial charge in [0.25, 0.3) is 5.91 Å². The fourth-order valence-electron chi connectivity index (χ4n) is 3.19. The number of hydrogen-bond donors (Lipinski definition) is 0. The van der Waals surface area contributed by atoms with Gasteiger partial charge in [-0.1, -0.05) is 0 Å². The lowest BCUT2D eigenvalue weighted by Crippen LogP contribution is -2.46. The Hall–Kier alpha value is -3.21. The van der Waals surface area contributed by atoms with E-state index in [0.29, 0.717) is 0 Å². The van der Waals surface area contributed by atoms with Crippen LogP contribution in [-0.2, 0) is 20.9 Å². The molecular formula is C20H14F4N2O4S. The van der Waals surface area contributed by atoms with Crippen LogP contribution < -0.4 is 9.64 Å². The first kappa shape index (κ1) is 21.0. The number of aromatic nitrogens is 1. The van der Waals surface area contributed by atoms with Crippen LogP contribution >= 0.6 is 11.3 Å². The van der Waals surface area contributed by atoms with Crippen LogP contribution in [0.15, 0.2) is 24.3 Å². The number of benzene rings is 2. The highest BCUT2D eigenvalue weighted by Gasteiger charge is 2.37. The van der Waals surface area contributed by atoms with Gasteiger partial charge < -0.3 is 9.47 Å². The highest BCUT2D eigenvalue weighted by molar-refractivity contribution is 7.18. The number of carbonyl (C=O) groups excluding carboxylic acids is 2. The summed E-state index contributed by atoms with van der Waals surface area (Å²) in [5.74, 6) is -6.29. The molecule has 11 heteroatoms. The molecule has 1 aliphatic heterocycles. The molecule has 0 spiro atoms. The van der Waals surface area contributed by atoms with Crippen molar-refractivity contribution in [3.63, 3.8) is 0 Å². The second kappa shape index (κ2) is 8.14. The summed E-state index contributed by atoms with van der Waals surface area (Å²) in [5.41, 5.74) is -0.148. The van der Waals surface area contributed by atoms with Crippen molar-refractivity contribution in [2.45, 2.75) is 26.0 Å². The summed E-state index contributed by atoms with van der Waals surface area (Å²) in [5, 5.41) is 0.180. The molecule has 2 aromatic carbocycles. The molecule has 2 heterocycles. The van der Waals surface area contributed by atoms with E-state index in [1.807, 2.05) is 0 Å². The average Bonchev–Trinajstić information content (AvgIpc) is 3.12. The zero-order valence-corrected chi connectivity index (χ0v) is 16.8. The molecule has 0 radical (unpaired) electrons. The lowest BCUT2D eigenvalue weighted by atomic mass is 10.1. The lowest BCUT2D eigenvalue weighted by molar-refractivity contribution is -0.147. The number of halogens is 4. The molecule has 1 aromatic heterocycles. The molecule has 1 aliphatic rings. The number of anilines is 1. The number of hydrogen-bond acceptors (Lipinski definition) is 6. The number of ether oxygens (including phenoxy) is 2. The smallest absolute Gasteiger partial charge is 0.310 e. The van der Waals surface area contributed by atoms with Crippen molar-refractivity contribution >= 4 is 39.1 Å². The number of nitrogens with zero attached hydrogens (tertiary/aromatic N) is 2. The van der Waals surface area contributed by atoms with Crippen molar-refractivity contribution < 1.29 is 36.6 Å². The van der Waals surface area contributed by atoms with Gasteiger partial charge in [-0.05, 0) is 25.1 Å². The van der Waals surface area contributed by atoms with E-state index in [1.54, 1.807) is 6.92 Å². The number of rotatable bonds is 5. The molecule has 1 atom stereocenters.